The van der Waals surface area contributed by atoms with Gasteiger partial charge in [-0.15, -0.1) is 0 Å². The number of hydrogen-bond donors (Lipinski definition) is 2. The number of nitrogen functional groups attached to an aromatic ring is 1. The van der Waals surface area contributed by atoms with E-state index in [-0.39, 0.29) is 5.60 Å². The van der Waals surface area contributed by atoms with E-state index in [1.807, 2.05) is 20.8 Å². The van der Waals surface area contributed by atoms with E-state index >= 15 is 0 Å². The molecule has 0 saturated heterocycles. The van der Waals surface area contributed by atoms with E-state index in [0.717, 1.165) is 12.0 Å². The van der Waals surface area contributed by atoms with Gasteiger partial charge >= 0.3 is 0 Å². The van der Waals surface area contributed by atoms with Crippen LogP contribution in [0.2, 0.25) is 0 Å². The summed E-state index contributed by atoms with van der Waals surface area (Å²) in [5, 5.41) is 0. The van der Waals surface area contributed by atoms with E-state index in [9.17, 15) is 0 Å². The number of hydrazine groups is 1. The lowest BCUT2D eigenvalue weighted by Gasteiger charge is -2.22. The summed E-state index contributed by atoms with van der Waals surface area (Å²) in [5.74, 6) is 7.16. The van der Waals surface area contributed by atoms with E-state index in [2.05, 4.69) is 15.4 Å². The van der Waals surface area contributed by atoms with Crippen LogP contribution >= 0.6 is 0 Å². The number of aryl methyl sites for hydroxylation is 1. The zero-order valence-electron chi connectivity index (χ0n) is 11.7. The molecule has 0 aliphatic rings. The van der Waals surface area contributed by atoms with Crippen molar-refractivity contribution >= 4 is 5.82 Å². The first-order valence-corrected chi connectivity index (χ1v) is 5.89. The largest absolute Gasteiger partial charge is 0.477 e. The summed E-state index contributed by atoms with van der Waals surface area (Å²) in [6.45, 7) is 8.22. The summed E-state index contributed by atoms with van der Waals surface area (Å²) in [6.07, 6.45) is 0.775. The van der Waals surface area contributed by atoms with Crippen LogP contribution in [0.3, 0.4) is 0 Å². The number of nitrogens with zero attached hydrogens (tertiary/aromatic N) is 2. The minimum atomic E-state index is -0.203. The Labute approximate surface area is 108 Å². The molecule has 0 unspecified atom stereocenters. The molecule has 3 N–H and O–H groups in total. The third kappa shape index (κ3) is 3.82. The van der Waals surface area contributed by atoms with E-state index < -0.39 is 0 Å². The van der Waals surface area contributed by atoms with Gasteiger partial charge in [0.1, 0.15) is 11.6 Å². The van der Waals surface area contributed by atoms with Gasteiger partial charge in [0.25, 0.3) is 0 Å². The second-order valence-electron chi connectivity index (χ2n) is 4.76. The van der Waals surface area contributed by atoms with Gasteiger partial charge in [-0.2, -0.15) is 4.98 Å². The summed E-state index contributed by atoms with van der Waals surface area (Å²) in [7, 11) is 1.69. The molecule has 18 heavy (non-hydrogen) atoms. The van der Waals surface area contributed by atoms with Crippen molar-refractivity contribution < 1.29 is 9.47 Å². The number of hydrogen-bond acceptors (Lipinski definition) is 6. The fourth-order valence-corrected chi connectivity index (χ4v) is 1.38. The number of nitrogens with one attached hydrogen (secondary N) is 1. The summed E-state index contributed by atoms with van der Waals surface area (Å²) in [5.41, 5.74) is 3.14. The van der Waals surface area contributed by atoms with Gasteiger partial charge in [-0.05, 0) is 27.7 Å². The second kappa shape index (κ2) is 5.97. The third-order valence-electron chi connectivity index (χ3n) is 2.85. The SMILES string of the molecule is COC(C)(C)CCOc1nc(C)nc(NN)c1C. The van der Waals surface area contributed by atoms with Crippen LogP contribution in [-0.2, 0) is 4.74 Å². The fraction of sp³-hybridized carbons (Fsp3) is 0.667. The fourth-order valence-electron chi connectivity index (χ4n) is 1.38. The van der Waals surface area contributed by atoms with Crippen molar-refractivity contribution in [3.05, 3.63) is 11.4 Å². The van der Waals surface area contributed by atoms with Crippen LogP contribution in [0.25, 0.3) is 0 Å². The van der Waals surface area contributed by atoms with Crippen molar-refractivity contribution in [2.75, 3.05) is 19.1 Å². The van der Waals surface area contributed by atoms with Gasteiger partial charge in [0.05, 0.1) is 17.8 Å². The first kappa shape index (κ1) is 14.7. The molecule has 6 heteroatoms. The van der Waals surface area contributed by atoms with Crippen LogP contribution < -0.4 is 16.0 Å². The van der Waals surface area contributed by atoms with Crippen LogP contribution in [0.5, 0.6) is 5.88 Å². The Balaban J connectivity index is 2.70. The summed E-state index contributed by atoms with van der Waals surface area (Å²) in [4.78, 5) is 8.43. The predicted octanol–water partition coefficient (Wildman–Crippen LogP) is 1.57. The Morgan fingerprint density at radius 2 is 1.94 bits per heavy atom. The number of methoxy groups -OCH3 is 1. The second-order valence-corrected chi connectivity index (χ2v) is 4.76. The van der Waals surface area contributed by atoms with Gasteiger partial charge in [0, 0.05) is 13.5 Å². The average molecular weight is 254 g/mol. The van der Waals surface area contributed by atoms with Crippen LogP contribution in [-0.4, -0.2) is 29.3 Å². The molecule has 0 bridgehead atoms. The quantitative estimate of drug-likeness (QED) is 0.592. The zero-order valence-corrected chi connectivity index (χ0v) is 11.7. The molecule has 0 fully saturated rings. The Hall–Kier alpha value is -1.40. The molecule has 1 heterocycles. The van der Waals surface area contributed by atoms with Crippen molar-refractivity contribution in [2.24, 2.45) is 5.84 Å². The highest BCUT2D eigenvalue weighted by molar-refractivity contribution is 5.47. The molecule has 0 atom stereocenters. The standard InChI is InChI=1S/C12H22N4O2/c1-8-10(16-13)14-9(2)15-11(8)18-7-6-12(3,4)17-5/h6-7,13H2,1-5H3,(H,14,15,16). The van der Waals surface area contributed by atoms with E-state index in [4.69, 9.17) is 15.3 Å². The van der Waals surface area contributed by atoms with Crippen LogP contribution in [0, 0.1) is 13.8 Å². The third-order valence-corrected chi connectivity index (χ3v) is 2.85. The molecule has 6 nitrogen and oxygen atoms in total. The van der Waals surface area contributed by atoms with Gasteiger partial charge in [0.15, 0.2) is 0 Å². The molecule has 0 aromatic carbocycles. The molecule has 0 radical (unpaired) electrons. The zero-order chi connectivity index (χ0) is 13.8. The molecule has 1 rings (SSSR count). The van der Waals surface area contributed by atoms with Crippen LogP contribution in [0.4, 0.5) is 5.82 Å². The van der Waals surface area contributed by atoms with Crippen molar-refractivity contribution in [1.29, 1.82) is 0 Å². The molecular weight excluding hydrogens is 232 g/mol. The highest BCUT2D eigenvalue weighted by Gasteiger charge is 2.17. The maximum atomic E-state index is 5.67. The lowest BCUT2D eigenvalue weighted by Crippen LogP contribution is -2.25. The van der Waals surface area contributed by atoms with Gasteiger partial charge in [0.2, 0.25) is 5.88 Å². The molecule has 0 aliphatic heterocycles. The Morgan fingerprint density at radius 3 is 2.50 bits per heavy atom. The van der Waals surface area contributed by atoms with Gasteiger partial charge in [-0.25, -0.2) is 10.8 Å². The first-order chi connectivity index (χ1) is 8.39. The average Bonchev–Trinajstić information content (AvgIpc) is 2.33. The minimum absolute atomic E-state index is 0.203. The number of rotatable bonds is 6. The molecule has 1 aromatic heterocycles. The maximum absolute atomic E-state index is 5.67. The highest BCUT2D eigenvalue weighted by Crippen LogP contribution is 2.22. The molecular formula is C12H22N4O2. The lowest BCUT2D eigenvalue weighted by atomic mass is 10.1. The lowest BCUT2D eigenvalue weighted by molar-refractivity contribution is 0.00501. The minimum Gasteiger partial charge on any atom is -0.477 e. The van der Waals surface area contributed by atoms with Crippen molar-refractivity contribution in [3.63, 3.8) is 0 Å². The molecule has 102 valence electrons. The predicted molar refractivity (Wildman–Crippen MR) is 70.5 cm³/mol. The van der Waals surface area contributed by atoms with Crippen molar-refractivity contribution in [1.82, 2.24) is 9.97 Å². The Kier molecular flexibility index (Phi) is 4.86. The highest BCUT2D eigenvalue weighted by atomic mass is 16.5. The number of aromatic nitrogens is 2. The Bertz CT molecular complexity index is 407. The van der Waals surface area contributed by atoms with Crippen LogP contribution in [0.15, 0.2) is 0 Å². The van der Waals surface area contributed by atoms with Crippen molar-refractivity contribution in [2.45, 2.75) is 39.7 Å². The summed E-state index contributed by atoms with van der Waals surface area (Å²) >= 11 is 0. The summed E-state index contributed by atoms with van der Waals surface area (Å²) in [6, 6.07) is 0. The van der Waals surface area contributed by atoms with E-state index in [1.165, 1.54) is 0 Å². The topological polar surface area (TPSA) is 82.3 Å². The van der Waals surface area contributed by atoms with Gasteiger partial charge < -0.3 is 14.9 Å². The van der Waals surface area contributed by atoms with E-state index in [1.54, 1.807) is 14.0 Å². The number of nitrogens with two attached hydrogens (primary N) is 1. The Morgan fingerprint density at radius 1 is 1.28 bits per heavy atom. The van der Waals surface area contributed by atoms with Crippen molar-refractivity contribution in [3.8, 4) is 5.88 Å². The molecule has 0 spiro atoms. The molecule has 0 aliphatic carbocycles. The molecule has 0 saturated carbocycles. The van der Waals surface area contributed by atoms with Crippen LogP contribution in [0.1, 0.15) is 31.7 Å². The maximum Gasteiger partial charge on any atom is 0.221 e. The van der Waals surface area contributed by atoms with Gasteiger partial charge in [-0.1, -0.05) is 0 Å². The number of ether oxygens (including phenoxy) is 2. The first-order valence-electron chi connectivity index (χ1n) is 5.89. The molecule has 0 amide bonds. The monoisotopic (exact) mass is 254 g/mol. The smallest absolute Gasteiger partial charge is 0.221 e. The summed E-state index contributed by atoms with van der Waals surface area (Å²) < 4.78 is 11.0. The normalized spacial score (nSPS) is 11.4. The van der Waals surface area contributed by atoms with Gasteiger partial charge in [-0.3, -0.25) is 0 Å². The van der Waals surface area contributed by atoms with E-state index in [0.29, 0.717) is 24.1 Å². The number of anilines is 1. The molecule has 1 aromatic rings.